The van der Waals surface area contributed by atoms with E-state index in [1.807, 2.05) is 52.0 Å². The SMILES string of the molecule is Cc1ccccc1CN(C(=O)CCc1ccc(C(C)(C)C)cc1)C(C)C(=O)NC(C)C. The van der Waals surface area contributed by atoms with E-state index >= 15 is 0 Å². The summed E-state index contributed by atoms with van der Waals surface area (Å²) in [5, 5.41) is 2.94. The standard InChI is InChI=1S/C27H38N2O2/c1-19(2)28-26(31)21(4)29(18-23-11-9-8-10-20(23)3)25(30)17-14-22-12-15-24(16-13-22)27(5,6)7/h8-13,15-16,19,21H,14,17-18H2,1-7H3,(H,28,31). The second-order valence-electron chi connectivity index (χ2n) is 9.73. The van der Waals surface area contributed by atoms with Crippen molar-refractivity contribution in [2.45, 2.75) is 85.4 Å². The van der Waals surface area contributed by atoms with Crippen molar-refractivity contribution in [1.29, 1.82) is 0 Å². The Morgan fingerprint density at radius 2 is 1.58 bits per heavy atom. The van der Waals surface area contributed by atoms with Crippen molar-refractivity contribution >= 4 is 11.8 Å². The van der Waals surface area contributed by atoms with Crippen LogP contribution in [0.4, 0.5) is 0 Å². The minimum atomic E-state index is -0.530. The van der Waals surface area contributed by atoms with E-state index in [-0.39, 0.29) is 23.3 Å². The van der Waals surface area contributed by atoms with Crippen molar-refractivity contribution < 1.29 is 9.59 Å². The van der Waals surface area contributed by atoms with Gasteiger partial charge in [-0.05, 0) is 61.8 Å². The summed E-state index contributed by atoms with van der Waals surface area (Å²) < 4.78 is 0. The van der Waals surface area contributed by atoms with Crippen molar-refractivity contribution in [2.24, 2.45) is 0 Å². The van der Waals surface area contributed by atoms with Crippen LogP contribution in [-0.4, -0.2) is 28.8 Å². The molecule has 0 bridgehead atoms. The first-order chi connectivity index (χ1) is 14.5. The van der Waals surface area contributed by atoms with Gasteiger partial charge in [-0.25, -0.2) is 0 Å². The van der Waals surface area contributed by atoms with Gasteiger partial charge in [0.2, 0.25) is 11.8 Å². The van der Waals surface area contributed by atoms with E-state index in [4.69, 9.17) is 0 Å². The number of hydrogen-bond donors (Lipinski definition) is 1. The van der Waals surface area contributed by atoms with Crippen LogP contribution in [0.25, 0.3) is 0 Å². The first kappa shape index (κ1) is 24.6. The van der Waals surface area contributed by atoms with E-state index in [9.17, 15) is 9.59 Å². The van der Waals surface area contributed by atoms with E-state index in [1.54, 1.807) is 4.90 Å². The molecule has 31 heavy (non-hydrogen) atoms. The van der Waals surface area contributed by atoms with Crippen molar-refractivity contribution in [1.82, 2.24) is 10.2 Å². The van der Waals surface area contributed by atoms with Gasteiger partial charge in [0.05, 0.1) is 0 Å². The number of amides is 2. The molecular weight excluding hydrogens is 384 g/mol. The number of carbonyl (C=O) groups is 2. The molecule has 1 N–H and O–H groups in total. The Labute approximate surface area is 188 Å². The molecule has 0 saturated heterocycles. The lowest BCUT2D eigenvalue weighted by Crippen LogP contribution is -2.49. The van der Waals surface area contributed by atoms with Gasteiger partial charge in [0.1, 0.15) is 6.04 Å². The number of nitrogens with zero attached hydrogens (tertiary/aromatic N) is 1. The highest BCUT2D eigenvalue weighted by atomic mass is 16.2. The Bertz CT molecular complexity index is 879. The smallest absolute Gasteiger partial charge is 0.242 e. The van der Waals surface area contributed by atoms with Crippen LogP contribution in [0.15, 0.2) is 48.5 Å². The molecule has 0 aliphatic rings. The van der Waals surface area contributed by atoms with E-state index in [1.165, 1.54) is 5.56 Å². The highest BCUT2D eigenvalue weighted by Crippen LogP contribution is 2.23. The Balaban J connectivity index is 2.15. The highest BCUT2D eigenvalue weighted by Gasteiger charge is 2.26. The second kappa shape index (κ2) is 10.6. The summed E-state index contributed by atoms with van der Waals surface area (Å²) in [7, 11) is 0. The number of aryl methyl sites for hydroxylation is 2. The largest absolute Gasteiger partial charge is 0.352 e. The van der Waals surface area contributed by atoms with Crippen LogP contribution in [0.2, 0.25) is 0 Å². The molecule has 0 aromatic heterocycles. The van der Waals surface area contributed by atoms with Crippen molar-refractivity contribution in [3.8, 4) is 0 Å². The van der Waals surface area contributed by atoms with Crippen LogP contribution in [0.1, 0.15) is 70.2 Å². The third-order valence-electron chi connectivity index (χ3n) is 5.65. The van der Waals surface area contributed by atoms with Crippen molar-refractivity contribution in [3.63, 3.8) is 0 Å². The van der Waals surface area contributed by atoms with E-state index in [0.717, 1.165) is 16.7 Å². The molecule has 0 aliphatic heterocycles. The summed E-state index contributed by atoms with van der Waals surface area (Å²) in [6, 6.07) is 16.0. The number of benzene rings is 2. The molecule has 2 aromatic carbocycles. The first-order valence-electron chi connectivity index (χ1n) is 11.2. The van der Waals surface area contributed by atoms with Crippen LogP contribution < -0.4 is 5.32 Å². The molecule has 0 aliphatic carbocycles. The molecule has 0 heterocycles. The highest BCUT2D eigenvalue weighted by molar-refractivity contribution is 5.87. The van der Waals surface area contributed by atoms with Crippen LogP contribution >= 0.6 is 0 Å². The monoisotopic (exact) mass is 422 g/mol. The lowest BCUT2D eigenvalue weighted by Gasteiger charge is -2.30. The third-order valence-corrected chi connectivity index (χ3v) is 5.65. The average molecular weight is 423 g/mol. The zero-order valence-corrected chi connectivity index (χ0v) is 20.2. The molecule has 0 fully saturated rings. The zero-order valence-electron chi connectivity index (χ0n) is 20.2. The second-order valence-corrected chi connectivity index (χ2v) is 9.73. The number of hydrogen-bond acceptors (Lipinski definition) is 2. The quantitative estimate of drug-likeness (QED) is 0.638. The lowest BCUT2D eigenvalue weighted by molar-refractivity contribution is -0.140. The number of carbonyl (C=O) groups excluding carboxylic acids is 2. The van der Waals surface area contributed by atoms with Crippen LogP contribution in [0.5, 0.6) is 0 Å². The zero-order chi connectivity index (χ0) is 23.2. The van der Waals surface area contributed by atoms with Gasteiger partial charge in [0, 0.05) is 19.0 Å². The van der Waals surface area contributed by atoms with E-state index in [2.05, 4.69) is 50.4 Å². The lowest BCUT2D eigenvalue weighted by atomic mass is 9.86. The Morgan fingerprint density at radius 1 is 0.968 bits per heavy atom. The van der Waals surface area contributed by atoms with E-state index < -0.39 is 6.04 Å². The fraction of sp³-hybridized carbons (Fsp3) is 0.481. The predicted molar refractivity (Wildman–Crippen MR) is 128 cm³/mol. The molecule has 2 aromatic rings. The van der Waals surface area contributed by atoms with Gasteiger partial charge in [0.15, 0.2) is 0 Å². The molecule has 1 atom stereocenters. The summed E-state index contributed by atoms with van der Waals surface area (Å²) >= 11 is 0. The van der Waals surface area contributed by atoms with Crippen LogP contribution in [-0.2, 0) is 28.0 Å². The van der Waals surface area contributed by atoms with Crippen LogP contribution in [0.3, 0.4) is 0 Å². The molecule has 2 rings (SSSR count). The minimum Gasteiger partial charge on any atom is -0.352 e. The molecule has 0 spiro atoms. The predicted octanol–water partition coefficient (Wildman–Crippen LogP) is 5.17. The molecule has 0 radical (unpaired) electrons. The topological polar surface area (TPSA) is 49.4 Å². The maximum Gasteiger partial charge on any atom is 0.242 e. The minimum absolute atomic E-state index is 0.00504. The van der Waals surface area contributed by atoms with Gasteiger partial charge in [-0.1, -0.05) is 69.3 Å². The summed E-state index contributed by atoms with van der Waals surface area (Å²) in [4.78, 5) is 27.6. The Hall–Kier alpha value is -2.62. The van der Waals surface area contributed by atoms with Gasteiger partial charge in [-0.15, -0.1) is 0 Å². The number of rotatable bonds is 8. The summed E-state index contributed by atoms with van der Waals surface area (Å²) in [6.45, 7) is 14.7. The van der Waals surface area contributed by atoms with Crippen molar-refractivity contribution in [3.05, 3.63) is 70.8 Å². The third kappa shape index (κ3) is 7.23. The Kier molecular flexibility index (Phi) is 8.43. The normalized spacial score (nSPS) is 12.5. The first-order valence-corrected chi connectivity index (χ1v) is 11.2. The van der Waals surface area contributed by atoms with Crippen LogP contribution in [0, 0.1) is 6.92 Å². The maximum atomic E-state index is 13.2. The number of nitrogens with one attached hydrogen (secondary N) is 1. The average Bonchev–Trinajstić information content (AvgIpc) is 2.70. The summed E-state index contributed by atoms with van der Waals surface area (Å²) in [5.41, 5.74) is 4.71. The Morgan fingerprint density at radius 3 is 2.13 bits per heavy atom. The molecule has 168 valence electrons. The van der Waals surface area contributed by atoms with Gasteiger partial charge in [-0.2, -0.15) is 0 Å². The molecule has 4 heteroatoms. The van der Waals surface area contributed by atoms with E-state index in [0.29, 0.717) is 19.4 Å². The summed E-state index contributed by atoms with van der Waals surface area (Å²) in [5.74, 6) is -0.124. The molecule has 1 unspecified atom stereocenters. The van der Waals surface area contributed by atoms with Gasteiger partial charge >= 0.3 is 0 Å². The van der Waals surface area contributed by atoms with Crippen molar-refractivity contribution in [2.75, 3.05) is 0 Å². The molecule has 0 saturated carbocycles. The van der Waals surface area contributed by atoms with Gasteiger partial charge in [0.25, 0.3) is 0 Å². The van der Waals surface area contributed by atoms with Gasteiger partial charge < -0.3 is 10.2 Å². The fourth-order valence-corrected chi connectivity index (χ4v) is 3.53. The maximum absolute atomic E-state index is 13.2. The fourth-order valence-electron chi connectivity index (χ4n) is 3.53. The molecule has 4 nitrogen and oxygen atoms in total. The van der Waals surface area contributed by atoms with Gasteiger partial charge in [-0.3, -0.25) is 9.59 Å². The molecular formula is C27H38N2O2. The molecule has 2 amide bonds. The summed E-state index contributed by atoms with van der Waals surface area (Å²) in [6.07, 6.45) is 1.03.